The van der Waals surface area contributed by atoms with Crippen LogP contribution in [0.25, 0.3) is 0 Å². The molecule has 0 saturated carbocycles. The molecule has 0 aliphatic heterocycles. The maximum Gasteiger partial charge on any atom is 0.197 e. The summed E-state index contributed by atoms with van der Waals surface area (Å²) in [6.07, 6.45) is 0. The minimum absolute atomic E-state index is 0.192. The van der Waals surface area contributed by atoms with E-state index in [9.17, 15) is 9.18 Å². The van der Waals surface area contributed by atoms with Gasteiger partial charge in [-0.15, -0.1) is 0 Å². The van der Waals surface area contributed by atoms with Crippen LogP contribution >= 0.6 is 11.3 Å². The molecule has 2 aromatic rings. The van der Waals surface area contributed by atoms with Crippen molar-refractivity contribution >= 4 is 17.1 Å². The summed E-state index contributed by atoms with van der Waals surface area (Å²) in [5, 5.41) is 3.67. The quantitative estimate of drug-likeness (QED) is 0.733. The van der Waals surface area contributed by atoms with E-state index in [2.05, 4.69) is 0 Å². The summed E-state index contributed by atoms with van der Waals surface area (Å²) in [5.41, 5.74) is 3.22. The van der Waals surface area contributed by atoms with E-state index in [1.54, 1.807) is 12.3 Å². The number of thiophene rings is 1. The fourth-order valence-electron chi connectivity index (χ4n) is 1.93. The Morgan fingerprint density at radius 1 is 1.12 bits per heavy atom. The van der Waals surface area contributed by atoms with E-state index >= 15 is 0 Å². The Bertz CT molecular complexity index is 561. The smallest absolute Gasteiger partial charge is 0.197 e. The van der Waals surface area contributed by atoms with Gasteiger partial charge in [0, 0.05) is 10.9 Å². The molecule has 0 amide bonds. The summed E-state index contributed by atoms with van der Waals surface area (Å²) in [7, 11) is 0. The van der Waals surface area contributed by atoms with Crippen LogP contribution in [0.4, 0.5) is 4.39 Å². The first kappa shape index (κ1) is 12.0. The van der Waals surface area contributed by atoms with E-state index < -0.39 is 5.82 Å². The number of carbonyl (C=O) groups is 1. The second kappa shape index (κ2) is 4.41. The van der Waals surface area contributed by atoms with Crippen molar-refractivity contribution in [3.63, 3.8) is 0 Å². The Morgan fingerprint density at radius 3 is 2.35 bits per heavy atom. The van der Waals surface area contributed by atoms with Crippen molar-refractivity contribution in [2.75, 3.05) is 0 Å². The molecule has 0 N–H and O–H groups in total. The van der Waals surface area contributed by atoms with Gasteiger partial charge in [0.15, 0.2) is 5.78 Å². The number of halogens is 1. The molecule has 0 unspecified atom stereocenters. The Labute approximate surface area is 104 Å². The van der Waals surface area contributed by atoms with Crippen LogP contribution in [0, 0.1) is 26.6 Å². The van der Waals surface area contributed by atoms with Crippen molar-refractivity contribution in [2.24, 2.45) is 0 Å². The lowest BCUT2D eigenvalue weighted by molar-refractivity contribution is 0.103. The highest BCUT2D eigenvalue weighted by Crippen LogP contribution is 2.23. The molecule has 1 nitrogen and oxygen atoms in total. The van der Waals surface area contributed by atoms with Crippen LogP contribution in [0.1, 0.15) is 32.6 Å². The summed E-state index contributed by atoms with van der Waals surface area (Å²) >= 11 is 1.46. The van der Waals surface area contributed by atoms with Crippen molar-refractivity contribution in [2.45, 2.75) is 20.8 Å². The molecule has 1 aromatic heterocycles. The van der Waals surface area contributed by atoms with Crippen molar-refractivity contribution in [3.05, 3.63) is 56.5 Å². The molecule has 17 heavy (non-hydrogen) atoms. The molecule has 0 saturated heterocycles. The number of carbonyl (C=O) groups excluding carboxylic acids is 1. The van der Waals surface area contributed by atoms with Gasteiger partial charge < -0.3 is 0 Å². The maximum absolute atomic E-state index is 13.9. The number of aryl methyl sites for hydroxylation is 3. The number of hydrogen-bond donors (Lipinski definition) is 0. The lowest BCUT2D eigenvalue weighted by Crippen LogP contribution is -2.07. The number of rotatable bonds is 2. The third kappa shape index (κ3) is 2.15. The highest BCUT2D eigenvalue weighted by Gasteiger charge is 2.19. The van der Waals surface area contributed by atoms with Gasteiger partial charge in [0.05, 0.1) is 5.56 Å². The minimum atomic E-state index is -0.432. The molecule has 0 fully saturated rings. The molecule has 1 heterocycles. The monoisotopic (exact) mass is 248 g/mol. The van der Waals surface area contributed by atoms with E-state index in [0.29, 0.717) is 11.1 Å². The van der Waals surface area contributed by atoms with Gasteiger partial charge in [0.25, 0.3) is 0 Å². The average Bonchev–Trinajstić information content (AvgIpc) is 2.62. The Kier molecular flexibility index (Phi) is 3.11. The summed E-state index contributed by atoms with van der Waals surface area (Å²) in [6.45, 7) is 5.45. The van der Waals surface area contributed by atoms with Crippen LogP contribution in [0.2, 0.25) is 0 Å². The molecule has 0 aliphatic carbocycles. The zero-order valence-corrected chi connectivity index (χ0v) is 10.8. The number of benzene rings is 1. The van der Waals surface area contributed by atoms with E-state index in [-0.39, 0.29) is 11.3 Å². The van der Waals surface area contributed by atoms with E-state index in [1.165, 1.54) is 17.4 Å². The maximum atomic E-state index is 13.9. The minimum Gasteiger partial charge on any atom is -0.288 e. The molecule has 0 atom stereocenters. The fraction of sp³-hybridized carbons (Fsp3) is 0.214. The van der Waals surface area contributed by atoms with Gasteiger partial charge >= 0.3 is 0 Å². The molecule has 0 bridgehead atoms. The van der Waals surface area contributed by atoms with Crippen molar-refractivity contribution in [1.29, 1.82) is 0 Å². The first-order valence-electron chi connectivity index (χ1n) is 5.35. The van der Waals surface area contributed by atoms with E-state index in [4.69, 9.17) is 0 Å². The summed E-state index contributed by atoms with van der Waals surface area (Å²) in [5.74, 6) is -0.656. The lowest BCUT2D eigenvalue weighted by atomic mass is 9.97. The van der Waals surface area contributed by atoms with Gasteiger partial charge in [-0.1, -0.05) is 6.07 Å². The van der Waals surface area contributed by atoms with Crippen molar-refractivity contribution in [1.82, 2.24) is 0 Å². The Hall–Kier alpha value is -1.48. The third-order valence-corrected chi connectivity index (χ3v) is 3.62. The number of ketones is 1. The van der Waals surface area contributed by atoms with Crippen LogP contribution in [-0.2, 0) is 0 Å². The normalized spacial score (nSPS) is 10.6. The van der Waals surface area contributed by atoms with Crippen LogP contribution in [-0.4, -0.2) is 5.78 Å². The van der Waals surface area contributed by atoms with Gasteiger partial charge in [-0.05, 0) is 48.9 Å². The third-order valence-electron chi connectivity index (χ3n) is 2.76. The molecule has 0 aliphatic rings. The second-order valence-electron chi connectivity index (χ2n) is 4.24. The van der Waals surface area contributed by atoms with Crippen LogP contribution < -0.4 is 0 Å². The molecule has 0 spiro atoms. The van der Waals surface area contributed by atoms with Crippen LogP contribution in [0.3, 0.4) is 0 Å². The van der Waals surface area contributed by atoms with E-state index in [0.717, 1.165) is 11.1 Å². The molecule has 2 rings (SSSR count). The van der Waals surface area contributed by atoms with Gasteiger partial charge in [0.2, 0.25) is 0 Å². The van der Waals surface area contributed by atoms with Gasteiger partial charge in [-0.3, -0.25) is 4.79 Å². The predicted molar refractivity (Wildman–Crippen MR) is 68.4 cm³/mol. The van der Waals surface area contributed by atoms with E-state index in [1.807, 2.05) is 25.3 Å². The predicted octanol–water partition coefficient (Wildman–Crippen LogP) is 4.04. The average molecular weight is 248 g/mol. The SMILES string of the molecule is Cc1cc(C)c(C(=O)c2cscc2C)c(F)c1. The van der Waals surface area contributed by atoms with Crippen molar-refractivity contribution in [3.8, 4) is 0 Å². The van der Waals surface area contributed by atoms with Gasteiger partial charge in [0.1, 0.15) is 5.82 Å². The van der Waals surface area contributed by atoms with Gasteiger partial charge in [-0.25, -0.2) is 4.39 Å². The molecular formula is C14H13FOS. The summed E-state index contributed by atoms with van der Waals surface area (Å²) < 4.78 is 13.9. The largest absolute Gasteiger partial charge is 0.288 e. The number of hydrogen-bond acceptors (Lipinski definition) is 2. The highest BCUT2D eigenvalue weighted by molar-refractivity contribution is 7.08. The lowest BCUT2D eigenvalue weighted by Gasteiger charge is -2.07. The Morgan fingerprint density at radius 2 is 1.82 bits per heavy atom. The van der Waals surface area contributed by atoms with Gasteiger partial charge in [-0.2, -0.15) is 11.3 Å². The fourth-order valence-corrected chi connectivity index (χ4v) is 2.76. The van der Waals surface area contributed by atoms with Crippen LogP contribution in [0.5, 0.6) is 0 Å². The second-order valence-corrected chi connectivity index (χ2v) is 4.98. The first-order chi connectivity index (χ1) is 8.00. The molecular weight excluding hydrogens is 235 g/mol. The summed E-state index contributed by atoms with van der Waals surface area (Å²) in [4.78, 5) is 12.2. The molecule has 0 radical (unpaired) electrons. The highest BCUT2D eigenvalue weighted by atomic mass is 32.1. The zero-order valence-electron chi connectivity index (χ0n) is 10.0. The first-order valence-corrected chi connectivity index (χ1v) is 6.29. The molecule has 88 valence electrons. The van der Waals surface area contributed by atoms with Crippen LogP contribution in [0.15, 0.2) is 22.9 Å². The Balaban J connectivity index is 2.56. The molecule has 1 aromatic carbocycles. The zero-order chi connectivity index (χ0) is 12.6. The standard InChI is InChI=1S/C14H13FOS/c1-8-4-9(2)13(12(15)5-8)14(16)11-7-17-6-10(11)3/h4-7H,1-3H3. The molecule has 3 heteroatoms. The topological polar surface area (TPSA) is 17.1 Å². The summed E-state index contributed by atoms with van der Waals surface area (Å²) in [6, 6.07) is 3.24. The van der Waals surface area contributed by atoms with Crippen molar-refractivity contribution < 1.29 is 9.18 Å².